The van der Waals surface area contributed by atoms with Crippen molar-refractivity contribution in [2.24, 2.45) is 11.8 Å². The van der Waals surface area contributed by atoms with Crippen LogP contribution < -0.4 is 5.32 Å². The number of pyridine rings is 1. The minimum atomic E-state index is -0.830. The number of thioether (sulfide) groups is 1. The fourth-order valence-corrected chi connectivity index (χ4v) is 3.09. The largest absolute Gasteiger partial charge is 0.481 e. The molecule has 2 rings (SSSR count). The van der Waals surface area contributed by atoms with Gasteiger partial charge in [-0.2, -0.15) is 0 Å². The Morgan fingerprint density at radius 1 is 1.50 bits per heavy atom. The molecule has 1 aliphatic heterocycles. The van der Waals surface area contributed by atoms with E-state index in [1.165, 1.54) is 0 Å². The van der Waals surface area contributed by atoms with Crippen LogP contribution in [0.15, 0.2) is 23.4 Å². The second kappa shape index (κ2) is 7.49. The number of amides is 2. The maximum Gasteiger partial charge on any atom is 0.317 e. The molecule has 0 aromatic carbocycles. The van der Waals surface area contributed by atoms with Crippen molar-refractivity contribution in [1.82, 2.24) is 15.2 Å². The number of piperidine rings is 1. The van der Waals surface area contributed by atoms with Crippen molar-refractivity contribution in [1.29, 1.82) is 0 Å². The minimum Gasteiger partial charge on any atom is -0.481 e. The number of hydrogen-bond donors (Lipinski definition) is 2. The zero-order valence-electron chi connectivity index (χ0n) is 12.8. The van der Waals surface area contributed by atoms with Crippen LogP contribution >= 0.6 is 11.8 Å². The summed E-state index contributed by atoms with van der Waals surface area (Å²) in [4.78, 5) is 29.2. The van der Waals surface area contributed by atoms with E-state index in [1.54, 1.807) is 22.9 Å². The number of hydrogen-bond acceptors (Lipinski definition) is 4. The van der Waals surface area contributed by atoms with Crippen LogP contribution in [0.3, 0.4) is 0 Å². The predicted molar refractivity (Wildman–Crippen MR) is 84.7 cm³/mol. The van der Waals surface area contributed by atoms with Crippen molar-refractivity contribution in [3.63, 3.8) is 0 Å². The standard InChI is InChI=1S/C15H21N3O3S/c1-10-5-12(14(19)20)9-18(8-10)15(21)17-7-11-3-4-16-13(6-11)22-2/h3-4,6,10,12H,5,7-9H2,1-2H3,(H,17,21)(H,19,20). The number of likely N-dealkylation sites (tertiary alicyclic amines) is 1. The molecule has 2 unspecified atom stereocenters. The van der Waals surface area contributed by atoms with E-state index in [-0.39, 0.29) is 18.5 Å². The van der Waals surface area contributed by atoms with Crippen molar-refractivity contribution < 1.29 is 14.7 Å². The van der Waals surface area contributed by atoms with Crippen molar-refractivity contribution in [3.05, 3.63) is 23.9 Å². The Morgan fingerprint density at radius 3 is 2.95 bits per heavy atom. The van der Waals surface area contributed by atoms with Crippen LogP contribution in [0, 0.1) is 11.8 Å². The second-order valence-electron chi connectivity index (χ2n) is 5.65. The Kier molecular flexibility index (Phi) is 5.65. The van der Waals surface area contributed by atoms with Gasteiger partial charge in [-0.1, -0.05) is 6.92 Å². The summed E-state index contributed by atoms with van der Waals surface area (Å²) in [6.45, 7) is 3.26. The van der Waals surface area contributed by atoms with Gasteiger partial charge in [-0.25, -0.2) is 9.78 Å². The van der Waals surface area contributed by atoms with Gasteiger partial charge in [-0.3, -0.25) is 4.79 Å². The summed E-state index contributed by atoms with van der Waals surface area (Å²) in [5.74, 6) is -1.11. The van der Waals surface area contributed by atoms with Crippen molar-refractivity contribution >= 4 is 23.8 Å². The molecule has 2 N–H and O–H groups in total. The molecule has 2 amide bonds. The molecule has 0 aliphatic carbocycles. The van der Waals surface area contributed by atoms with Crippen molar-refractivity contribution in [2.45, 2.75) is 24.9 Å². The van der Waals surface area contributed by atoms with E-state index in [0.29, 0.717) is 19.5 Å². The summed E-state index contributed by atoms with van der Waals surface area (Å²) >= 11 is 1.55. The third-order valence-electron chi connectivity index (χ3n) is 3.75. The third-order valence-corrected chi connectivity index (χ3v) is 4.39. The van der Waals surface area contributed by atoms with E-state index in [2.05, 4.69) is 10.3 Å². The summed E-state index contributed by atoms with van der Waals surface area (Å²) in [6, 6.07) is 3.59. The van der Waals surface area contributed by atoms with Crippen LogP contribution in [0.1, 0.15) is 18.9 Å². The van der Waals surface area contributed by atoms with Crippen LogP contribution in [0.2, 0.25) is 0 Å². The van der Waals surface area contributed by atoms with E-state index in [4.69, 9.17) is 5.11 Å². The number of urea groups is 1. The lowest BCUT2D eigenvalue weighted by Gasteiger charge is -2.34. The summed E-state index contributed by atoms with van der Waals surface area (Å²) in [5, 5.41) is 12.9. The Hall–Kier alpha value is -1.76. The smallest absolute Gasteiger partial charge is 0.317 e. The SMILES string of the molecule is CSc1cc(CNC(=O)N2CC(C)CC(C(=O)O)C2)ccn1. The number of aliphatic carboxylic acids is 1. The highest BCUT2D eigenvalue weighted by Crippen LogP contribution is 2.21. The number of rotatable bonds is 4. The molecular formula is C15H21N3O3S. The van der Waals surface area contributed by atoms with Gasteiger partial charge in [0.05, 0.1) is 10.9 Å². The van der Waals surface area contributed by atoms with Crippen molar-refractivity contribution in [2.75, 3.05) is 19.3 Å². The van der Waals surface area contributed by atoms with E-state index in [9.17, 15) is 9.59 Å². The number of nitrogens with one attached hydrogen (secondary N) is 1. The fourth-order valence-electron chi connectivity index (χ4n) is 2.66. The first-order valence-electron chi connectivity index (χ1n) is 7.24. The Bertz CT molecular complexity index is 553. The Balaban J connectivity index is 1.92. The highest BCUT2D eigenvalue weighted by atomic mass is 32.2. The van der Waals surface area contributed by atoms with E-state index in [1.807, 2.05) is 25.3 Å². The van der Waals surface area contributed by atoms with E-state index >= 15 is 0 Å². The first-order valence-corrected chi connectivity index (χ1v) is 8.46. The fraction of sp³-hybridized carbons (Fsp3) is 0.533. The van der Waals surface area contributed by atoms with Gasteiger partial charge in [0.2, 0.25) is 0 Å². The number of aromatic nitrogens is 1. The molecule has 7 heteroatoms. The Morgan fingerprint density at radius 2 is 2.27 bits per heavy atom. The molecular weight excluding hydrogens is 302 g/mol. The molecule has 0 bridgehead atoms. The lowest BCUT2D eigenvalue weighted by Crippen LogP contribution is -2.49. The molecule has 0 saturated carbocycles. The average Bonchev–Trinajstić information content (AvgIpc) is 2.52. The lowest BCUT2D eigenvalue weighted by molar-refractivity contribution is -0.143. The first kappa shape index (κ1) is 16.6. The molecule has 2 heterocycles. The maximum absolute atomic E-state index is 12.2. The quantitative estimate of drug-likeness (QED) is 0.829. The topological polar surface area (TPSA) is 82.5 Å². The van der Waals surface area contributed by atoms with Crippen LogP contribution in [0.4, 0.5) is 4.79 Å². The molecule has 22 heavy (non-hydrogen) atoms. The molecule has 0 spiro atoms. The zero-order valence-corrected chi connectivity index (χ0v) is 13.6. The van der Waals surface area contributed by atoms with E-state index < -0.39 is 11.9 Å². The number of carboxylic acids is 1. The maximum atomic E-state index is 12.2. The lowest BCUT2D eigenvalue weighted by atomic mass is 9.91. The van der Waals surface area contributed by atoms with Gasteiger partial charge < -0.3 is 15.3 Å². The van der Waals surface area contributed by atoms with E-state index in [0.717, 1.165) is 10.6 Å². The number of carboxylic acid groups (broad SMARTS) is 1. The molecule has 1 saturated heterocycles. The van der Waals surface area contributed by atoms with Crippen LogP contribution in [-0.2, 0) is 11.3 Å². The molecule has 2 atom stereocenters. The molecule has 1 aliphatic rings. The van der Waals surface area contributed by atoms with Gasteiger partial charge in [0.1, 0.15) is 0 Å². The molecule has 1 aromatic rings. The summed E-state index contributed by atoms with van der Waals surface area (Å²) < 4.78 is 0. The number of carbonyl (C=O) groups excluding carboxylic acids is 1. The molecule has 1 fully saturated rings. The summed E-state index contributed by atoms with van der Waals surface area (Å²) in [5.41, 5.74) is 0.979. The highest BCUT2D eigenvalue weighted by Gasteiger charge is 2.31. The highest BCUT2D eigenvalue weighted by molar-refractivity contribution is 7.98. The third kappa shape index (κ3) is 4.37. The molecule has 1 aromatic heterocycles. The van der Waals surface area contributed by atoms with Gasteiger partial charge in [-0.15, -0.1) is 11.8 Å². The summed E-state index contributed by atoms with van der Waals surface area (Å²) in [7, 11) is 0. The zero-order chi connectivity index (χ0) is 16.1. The molecule has 6 nitrogen and oxygen atoms in total. The van der Waals surface area contributed by atoms with Gasteiger partial charge in [0.15, 0.2) is 0 Å². The Labute approximate surface area is 134 Å². The van der Waals surface area contributed by atoms with Crippen molar-refractivity contribution in [3.8, 4) is 0 Å². The average molecular weight is 323 g/mol. The number of carbonyl (C=O) groups is 2. The molecule has 0 radical (unpaired) electrons. The van der Waals surface area contributed by atoms with Gasteiger partial charge >= 0.3 is 12.0 Å². The van der Waals surface area contributed by atoms with Gasteiger partial charge in [-0.05, 0) is 36.3 Å². The molecule has 120 valence electrons. The van der Waals surface area contributed by atoms with Crippen LogP contribution in [0.5, 0.6) is 0 Å². The van der Waals surface area contributed by atoms with Gasteiger partial charge in [0.25, 0.3) is 0 Å². The number of nitrogens with zero attached hydrogens (tertiary/aromatic N) is 2. The predicted octanol–water partition coefficient (Wildman–Crippen LogP) is 2.06. The minimum absolute atomic E-state index is 0.199. The normalized spacial score (nSPS) is 21.5. The van der Waals surface area contributed by atoms with Gasteiger partial charge in [0, 0.05) is 25.8 Å². The van der Waals surface area contributed by atoms with Crippen LogP contribution in [-0.4, -0.2) is 46.3 Å². The van der Waals surface area contributed by atoms with Crippen LogP contribution in [0.25, 0.3) is 0 Å². The second-order valence-corrected chi connectivity index (χ2v) is 6.47. The first-order chi connectivity index (χ1) is 10.5. The monoisotopic (exact) mass is 323 g/mol. The summed E-state index contributed by atoms with van der Waals surface area (Å²) in [6.07, 6.45) is 4.29.